The summed E-state index contributed by atoms with van der Waals surface area (Å²) in [6.45, 7) is 2.08. The summed E-state index contributed by atoms with van der Waals surface area (Å²) in [5, 5.41) is 10.2. The predicted octanol–water partition coefficient (Wildman–Crippen LogP) is 2.26. The standard InChI is InChI=1S/C11H16O2S/c1-11(12,8-13-2)9-6-4-5-7-10(9)14-3/h4-7,12H,8H2,1-3H3. The van der Waals surface area contributed by atoms with Crippen LogP contribution in [0.5, 0.6) is 0 Å². The molecule has 0 spiro atoms. The van der Waals surface area contributed by atoms with Gasteiger partial charge in [0.2, 0.25) is 0 Å². The Kier molecular flexibility index (Phi) is 3.98. The fourth-order valence-electron chi connectivity index (χ4n) is 1.45. The van der Waals surface area contributed by atoms with Crippen molar-refractivity contribution in [3.63, 3.8) is 0 Å². The monoisotopic (exact) mass is 212 g/mol. The number of ether oxygens (including phenoxy) is 1. The van der Waals surface area contributed by atoms with E-state index >= 15 is 0 Å². The van der Waals surface area contributed by atoms with E-state index < -0.39 is 5.60 Å². The molecular weight excluding hydrogens is 196 g/mol. The minimum Gasteiger partial charge on any atom is -0.383 e. The Morgan fingerprint density at radius 1 is 1.43 bits per heavy atom. The summed E-state index contributed by atoms with van der Waals surface area (Å²) in [7, 11) is 1.59. The van der Waals surface area contributed by atoms with E-state index in [9.17, 15) is 5.11 Å². The lowest BCUT2D eigenvalue weighted by Crippen LogP contribution is -2.27. The molecule has 14 heavy (non-hydrogen) atoms. The molecule has 0 amide bonds. The van der Waals surface area contributed by atoms with Crippen molar-refractivity contribution in [1.82, 2.24) is 0 Å². The van der Waals surface area contributed by atoms with E-state index in [0.717, 1.165) is 10.5 Å². The Hall–Kier alpha value is -0.510. The van der Waals surface area contributed by atoms with Gasteiger partial charge in [-0.2, -0.15) is 0 Å². The number of aliphatic hydroxyl groups is 1. The van der Waals surface area contributed by atoms with Gasteiger partial charge in [-0.05, 0) is 24.8 Å². The molecule has 0 aliphatic carbocycles. The van der Waals surface area contributed by atoms with Gasteiger partial charge in [0, 0.05) is 12.0 Å². The highest BCUT2D eigenvalue weighted by Crippen LogP contribution is 2.29. The molecule has 0 bridgehead atoms. The summed E-state index contributed by atoms with van der Waals surface area (Å²) in [4.78, 5) is 1.09. The Bertz CT molecular complexity index is 297. The number of rotatable bonds is 4. The van der Waals surface area contributed by atoms with E-state index in [-0.39, 0.29) is 0 Å². The summed E-state index contributed by atoms with van der Waals surface area (Å²) in [5.74, 6) is 0. The number of methoxy groups -OCH3 is 1. The third kappa shape index (κ3) is 2.50. The van der Waals surface area contributed by atoms with Crippen molar-refractivity contribution in [1.29, 1.82) is 0 Å². The van der Waals surface area contributed by atoms with E-state index in [1.54, 1.807) is 25.8 Å². The van der Waals surface area contributed by atoms with Crippen LogP contribution in [0.3, 0.4) is 0 Å². The first-order valence-electron chi connectivity index (χ1n) is 4.46. The lowest BCUT2D eigenvalue weighted by molar-refractivity contribution is -0.0226. The summed E-state index contributed by atoms with van der Waals surface area (Å²) in [6, 6.07) is 7.84. The van der Waals surface area contributed by atoms with Gasteiger partial charge < -0.3 is 9.84 Å². The number of hydrogen-bond donors (Lipinski definition) is 1. The van der Waals surface area contributed by atoms with Gasteiger partial charge in [0.05, 0.1) is 6.61 Å². The van der Waals surface area contributed by atoms with Crippen molar-refractivity contribution in [2.75, 3.05) is 20.0 Å². The second kappa shape index (κ2) is 4.82. The van der Waals surface area contributed by atoms with E-state index in [1.807, 2.05) is 30.5 Å². The van der Waals surface area contributed by atoms with Crippen LogP contribution in [0.2, 0.25) is 0 Å². The number of hydrogen-bond acceptors (Lipinski definition) is 3. The molecule has 0 saturated heterocycles. The van der Waals surface area contributed by atoms with Gasteiger partial charge in [-0.25, -0.2) is 0 Å². The van der Waals surface area contributed by atoms with Crippen LogP contribution in [0, 0.1) is 0 Å². The first-order valence-corrected chi connectivity index (χ1v) is 5.69. The van der Waals surface area contributed by atoms with E-state index in [2.05, 4.69) is 0 Å². The molecule has 2 nitrogen and oxygen atoms in total. The maximum atomic E-state index is 10.2. The first-order chi connectivity index (χ1) is 6.61. The second-order valence-electron chi connectivity index (χ2n) is 3.41. The van der Waals surface area contributed by atoms with Crippen molar-refractivity contribution >= 4 is 11.8 Å². The highest BCUT2D eigenvalue weighted by molar-refractivity contribution is 7.98. The molecule has 1 aromatic carbocycles. The molecule has 0 saturated carbocycles. The summed E-state index contributed by atoms with van der Waals surface area (Å²) in [5.41, 5.74) is 0.0169. The molecular formula is C11H16O2S. The Morgan fingerprint density at radius 2 is 2.07 bits per heavy atom. The lowest BCUT2D eigenvalue weighted by atomic mass is 9.97. The van der Waals surface area contributed by atoms with E-state index in [4.69, 9.17) is 4.74 Å². The predicted molar refractivity (Wildman–Crippen MR) is 59.7 cm³/mol. The SMILES string of the molecule is COCC(C)(O)c1ccccc1SC. The molecule has 0 radical (unpaired) electrons. The molecule has 0 aliphatic rings. The Morgan fingerprint density at radius 3 is 2.64 bits per heavy atom. The third-order valence-electron chi connectivity index (χ3n) is 2.11. The van der Waals surface area contributed by atoms with Crippen molar-refractivity contribution < 1.29 is 9.84 Å². The van der Waals surface area contributed by atoms with E-state index in [0.29, 0.717) is 6.61 Å². The second-order valence-corrected chi connectivity index (χ2v) is 4.26. The lowest BCUT2D eigenvalue weighted by Gasteiger charge is -2.24. The molecule has 1 aromatic rings. The fourth-order valence-corrected chi connectivity index (χ4v) is 2.17. The van der Waals surface area contributed by atoms with Crippen LogP contribution in [-0.2, 0) is 10.3 Å². The molecule has 1 N–H and O–H groups in total. The smallest absolute Gasteiger partial charge is 0.111 e. The zero-order valence-electron chi connectivity index (χ0n) is 8.78. The van der Waals surface area contributed by atoms with Gasteiger partial charge in [-0.15, -0.1) is 11.8 Å². The van der Waals surface area contributed by atoms with Crippen LogP contribution in [0.15, 0.2) is 29.2 Å². The number of thioether (sulfide) groups is 1. The van der Waals surface area contributed by atoms with Crippen molar-refractivity contribution in [3.8, 4) is 0 Å². The summed E-state index contributed by atoms with van der Waals surface area (Å²) >= 11 is 1.63. The maximum Gasteiger partial charge on any atom is 0.111 e. The molecule has 0 fully saturated rings. The largest absolute Gasteiger partial charge is 0.383 e. The zero-order valence-corrected chi connectivity index (χ0v) is 9.60. The minimum absolute atomic E-state index is 0.310. The van der Waals surface area contributed by atoms with Crippen LogP contribution in [-0.4, -0.2) is 25.1 Å². The fraction of sp³-hybridized carbons (Fsp3) is 0.455. The van der Waals surface area contributed by atoms with Crippen molar-refractivity contribution in [3.05, 3.63) is 29.8 Å². The Labute approximate surface area is 89.3 Å². The molecule has 1 unspecified atom stereocenters. The van der Waals surface area contributed by atoms with Gasteiger partial charge in [0.15, 0.2) is 0 Å². The Balaban J connectivity index is 3.04. The topological polar surface area (TPSA) is 29.5 Å². The average Bonchev–Trinajstić information content (AvgIpc) is 2.18. The number of benzene rings is 1. The van der Waals surface area contributed by atoms with Gasteiger partial charge in [-0.3, -0.25) is 0 Å². The molecule has 3 heteroatoms. The maximum absolute atomic E-state index is 10.2. The van der Waals surface area contributed by atoms with Crippen LogP contribution < -0.4 is 0 Å². The average molecular weight is 212 g/mol. The highest BCUT2D eigenvalue weighted by Gasteiger charge is 2.25. The molecule has 78 valence electrons. The van der Waals surface area contributed by atoms with Crippen LogP contribution in [0.25, 0.3) is 0 Å². The van der Waals surface area contributed by atoms with Crippen LogP contribution in [0.1, 0.15) is 12.5 Å². The third-order valence-corrected chi connectivity index (χ3v) is 2.91. The molecule has 1 atom stereocenters. The summed E-state index contributed by atoms with van der Waals surface area (Å²) in [6.07, 6.45) is 2.00. The quantitative estimate of drug-likeness (QED) is 0.776. The van der Waals surface area contributed by atoms with Gasteiger partial charge in [0.1, 0.15) is 5.60 Å². The molecule has 0 heterocycles. The first kappa shape index (κ1) is 11.6. The highest BCUT2D eigenvalue weighted by atomic mass is 32.2. The normalized spacial score (nSPS) is 15.1. The molecule has 1 rings (SSSR count). The van der Waals surface area contributed by atoms with Gasteiger partial charge in [0.25, 0.3) is 0 Å². The zero-order chi connectivity index (χ0) is 10.6. The van der Waals surface area contributed by atoms with E-state index in [1.165, 1.54) is 0 Å². The molecule has 0 aromatic heterocycles. The van der Waals surface area contributed by atoms with Crippen LogP contribution in [0.4, 0.5) is 0 Å². The van der Waals surface area contributed by atoms with Crippen molar-refractivity contribution in [2.24, 2.45) is 0 Å². The van der Waals surface area contributed by atoms with Crippen molar-refractivity contribution in [2.45, 2.75) is 17.4 Å². The van der Waals surface area contributed by atoms with Gasteiger partial charge in [-0.1, -0.05) is 18.2 Å². The van der Waals surface area contributed by atoms with Crippen LogP contribution >= 0.6 is 11.8 Å². The van der Waals surface area contributed by atoms with Gasteiger partial charge >= 0.3 is 0 Å². The summed E-state index contributed by atoms with van der Waals surface area (Å²) < 4.78 is 5.00. The molecule has 0 aliphatic heterocycles. The minimum atomic E-state index is -0.908.